The van der Waals surface area contributed by atoms with E-state index in [4.69, 9.17) is 14.5 Å². The van der Waals surface area contributed by atoms with Gasteiger partial charge in [-0.25, -0.2) is 4.98 Å². The Morgan fingerprint density at radius 3 is 2.63 bits per heavy atom. The number of rotatable bonds is 5. The highest BCUT2D eigenvalue weighted by Gasteiger charge is 2.25. The Balaban J connectivity index is 1.54. The summed E-state index contributed by atoms with van der Waals surface area (Å²) in [6.45, 7) is 2.29. The average Bonchev–Trinajstić information content (AvgIpc) is 3.43. The van der Waals surface area contributed by atoms with Crippen LogP contribution in [0.2, 0.25) is 0 Å². The van der Waals surface area contributed by atoms with Crippen molar-refractivity contribution in [1.82, 2.24) is 9.55 Å². The minimum atomic E-state index is 0.137. The van der Waals surface area contributed by atoms with E-state index in [1.54, 1.807) is 23.1 Å². The second kappa shape index (κ2) is 7.85. The van der Waals surface area contributed by atoms with Crippen molar-refractivity contribution >= 4 is 33.3 Å². The molecule has 4 heterocycles. The van der Waals surface area contributed by atoms with E-state index in [1.165, 1.54) is 23.3 Å². The Morgan fingerprint density at radius 1 is 1.07 bits per heavy atom. The molecule has 2 aliphatic heterocycles. The SMILES string of the molecule is O=c1c2c3c(sc2nc(SC[C@@H]2CCCO2)n1C[C@H]1CCCO1)CCCC3. The lowest BCUT2D eigenvalue weighted by Gasteiger charge is -2.17. The van der Waals surface area contributed by atoms with Crippen LogP contribution in [0.5, 0.6) is 0 Å². The third kappa shape index (κ3) is 3.59. The highest BCUT2D eigenvalue weighted by molar-refractivity contribution is 7.99. The molecule has 2 atom stereocenters. The predicted molar refractivity (Wildman–Crippen MR) is 109 cm³/mol. The van der Waals surface area contributed by atoms with Gasteiger partial charge in [0.25, 0.3) is 5.56 Å². The number of ether oxygens (including phenoxy) is 2. The van der Waals surface area contributed by atoms with Crippen molar-refractivity contribution < 1.29 is 9.47 Å². The number of thiophene rings is 1. The van der Waals surface area contributed by atoms with Crippen LogP contribution in [-0.4, -0.2) is 40.7 Å². The van der Waals surface area contributed by atoms with Gasteiger partial charge in [-0.3, -0.25) is 9.36 Å². The molecular formula is C20H26N2O3S2. The van der Waals surface area contributed by atoms with Crippen LogP contribution in [0.3, 0.4) is 0 Å². The van der Waals surface area contributed by atoms with Crippen molar-refractivity contribution in [2.24, 2.45) is 0 Å². The molecule has 27 heavy (non-hydrogen) atoms. The summed E-state index contributed by atoms with van der Waals surface area (Å²) in [6, 6.07) is 0. The maximum absolute atomic E-state index is 13.5. The zero-order valence-electron chi connectivity index (χ0n) is 15.6. The Bertz CT molecular complexity index is 879. The van der Waals surface area contributed by atoms with E-state index in [-0.39, 0.29) is 17.8 Å². The van der Waals surface area contributed by atoms with Gasteiger partial charge in [0.15, 0.2) is 5.16 Å². The lowest BCUT2D eigenvalue weighted by molar-refractivity contribution is 0.0937. The van der Waals surface area contributed by atoms with E-state index in [9.17, 15) is 4.79 Å². The topological polar surface area (TPSA) is 53.3 Å². The molecule has 5 nitrogen and oxygen atoms in total. The predicted octanol–water partition coefficient (Wildman–Crippen LogP) is 3.79. The first-order valence-corrected chi connectivity index (χ1v) is 12.0. The van der Waals surface area contributed by atoms with Crippen LogP contribution in [0.1, 0.15) is 49.0 Å². The largest absolute Gasteiger partial charge is 0.377 e. The molecule has 1 aliphatic carbocycles. The monoisotopic (exact) mass is 406 g/mol. The number of hydrogen-bond donors (Lipinski definition) is 0. The van der Waals surface area contributed by atoms with Gasteiger partial charge in [0.2, 0.25) is 0 Å². The zero-order valence-corrected chi connectivity index (χ0v) is 17.2. The summed E-state index contributed by atoms with van der Waals surface area (Å²) in [5, 5.41) is 1.73. The van der Waals surface area contributed by atoms with E-state index >= 15 is 0 Å². The maximum Gasteiger partial charge on any atom is 0.263 e. The standard InChI is InChI=1S/C20H26N2O3S2/c23-19-17-15-7-1-2-8-16(15)27-18(17)21-20(26-12-14-6-4-10-25-14)22(19)11-13-5-3-9-24-13/h13-14H,1-12H2/t13-,14+/m1/s1. The highest BCUT2D eigenvalue weighted by atomic mass is 32.2. The second-order valence-corrected chi connectivity index (χ2v) is 9.85. The molecule has 2 aromatic rings. The molecule has 0 bridgehead atoms. The fourth-order valence-electron chi connectivity index (χ4n) is 4.43. The molecule has 3 aliphatic rings. The second-order valence-electron chi connectivity index (χ2n) is 7.78. The van der Waals surface area contributed by atoms with Gasteiger partial charge in [0.1, 0.15) is 4.83 Å². The molecule has 0 saturated carbocycles. The van der Waals surface area contributed by atoms with E-state index < -0.39 is 0 Å². The highest BCUT2D eigenvalue weighted by Crippen LogP contribution is 2.35. The van der Waals surface area contributed by atoms with Crippen LogP contribution >= 0.6 is 23.1 Å². The van der Waals surface area contributed by atoms with Crippen molar-refractivity contribution in [3.05, 3.63) is 20.8 Å². The minimum absolute atomic E-state index is 0.137. The van der Waals surface area contributed by atoms with E-state index in [0.717, 1.165) is 72.9 Å². The lowest BCUT2D eigenvalue weighted by Crippen LogP contribution is -2.29. The fraction of sp³-hybridized carbons (Fsp3) is 0.700. The molecule has 0 amide bonds. The fourth-order valence-corrected chi connectivity index (χ4v) is 6.80. The minimum Gasteiger partial charge on any atom is -0.377 e. The van der Waals surface area contributed by atoms with Crippen molar-refractivity contribution in [3.63, 3.8) is 0 Å². The van der Waals surface area contributed by atoms with Gasteiger partial charge in [-0.1, -0.05) is 11.8 Å². The van der Waals surface area contributed by atoms with Gasteiger partial charge in [-0.15, -0.1) is 11.3 Å². The van der Waals surface area contributed by atoms with Gasteiger partial charge in [0.05, 0.1) is 24.1 Å². The van der Waals surface area contributed by atoms with Gasteiger partial charge >= 0.3 is 0 Å². The first-order valence-electron chi connectivity index (χ1n) is 10.2. The molecule has 0 aromatic carbocycles. The number of aryl methyl sites for hydroxylation is 2. The number of fused-ring (bicyclic) bond motifs is 3. The van der Waals surface area contributed by atoms with Crippen molar-refractivity contribution in [2.75, 3.05) is 19.0 Å². The molecule has 2 fully saturated rings. The van der Waals surface area contributed by atoms with Crippen molar-refractivity contribution in [2.45, 2.75) is 75.3 Å². The summed E-state index contributed by atoms with van der Waals surface area (Å²) in [7, 11) is 0. The Hall–Kier alpha value is -0.890. The van der Waals surface area contributed by atoms with Gasteiger partial charge in [-0.05, 0) is 56.9 Å². The molecule has 7 heteroatoms. The maximum atomic E-state index is 13.5. The summed E-state index contributed by atoms with van der Waals surface area (Å²) in [6.07, 6.45) is 9.31. The van der Waals surface area contributed by atoms with E-state index in [2.05, 4.69) is 0 Å². The molecule has 0 N–H and O–H groups in total. The third-order valence-electron chi connectivity index (χ3n) is 5.87. The van der Waals surface area contributed by atoms with Crippen LogP contribution < -0.4 is 5.56 Å². The summed E-state index contributed by atoms with van der Waals surface area (Å²) in [5.41, 5.74) is 1.42. The molecule has 0 radical (unpaired) electrons. The lowest BCUT2D eigenvalue weighted by atomic mass is 9.97. The van der Waals surface area contributed by atoms with Crippen molar-refractivity contribution in [3.8, 4) is 0 Å². The molecule has 0 unspecified atom stereocenters. The van der Waals surface area contributed by atoms with Crippen molar-refractivity contribution in [1.29, 1.82) is 0 Å². The molecule has 2 aromatic heterocycles. The Labute approximate surface area is 167 Å². The first kappa shape index (κ1) is 18.2. The molecule has 2 saturated heterocycles. The van der Waals surface area contributed by atoms with Crippen LogP contribution in [0.25, 0.3) is 10.2 Å². The van der Waals surface area contributed by atoms with Crippen LogP contribution in [0.15, 0.2) is 9.95 Å². The van der Waals surface area contributed by atoms with E-state index in [0.29, 0.717) is 6.54 Å². The van der Waals surface area contributed by atoms with Gasteiger partial charge in [0, 0.05) is 23.8 Å². The molecule has 0 spiro atoms. The van der Waals surface area contributed by atoms with Crippen LogP contribution in [0, 0.1) is 0 Å². The number of nitrogens with zero attached hydrogens (tertiary/aromatic N) is 2. The molecule has 5 rings (SSSR count). The third-order valence-corrected chi connectivity index (χ3v) is 8.17. The number of aromatic nitrogens is 2. The smallest absolute Gasteiger partial charge is 0.263 e. The Morgan fingerprint density at radius 2 is 1.85 bits per heavy atom. The normalized spacial score (nSPS) is 25.3. The summed E-state index contributed by atoms with van der Waals surface area (Å²) >= 11 is 3.42. The van der Waals surface area contributed by atoms with Crippen LogP contribution in [0.4, 0.5) is 0 Å². The number of thioether (sulfide) groups is 1. The molecular weight excluding hydrogens is 380 g/mol. The Kier molecular flexibility index (Phi) is 5.28. The molecule has 146 valence electrons. The van der Waals surface area contributed by atoms with Gasteiger partial charge in [-0.2, -0.15) is 0 Å². The quantitative estimate of drug-likeness (QED) is 0.559. The van der Waals surface area contributed by atoms with Gasteiger partial charge < -0.3 is 9.47 Å². The van der Waals surface area contributed by atoms with E-state index in [1.807, 2.05) is 4.57 Å². The first-order chi connectivity index (χ1) is 13.3. The number of hydrogen-bond acceptors (Lipinski definition) is 6. The summed E-state index contributed by atoms with van der Waals surface area (Å²) < 4.78 is 13.5. The average molecular weight is 407 g/mol. The summed E-state index contributed by atoms with van der Waals surface area (Å²) in [5.74, 6) is 0.870. The zero-order chi connectivity index (χ0) is 18.2. The van der Waals surface area contributed by atoms with Crippen LogP contribution in [-0.2, 0) is 28.9 Å². The summed E-state index contributed by atoms with van der Waals surface area (Å²) in [4.78, 5) is 20.8.